The van der Waals surface area contributed by atoms with E-state index in [1.54, 1.807) is 0 Å². The van der Waals surface area contributed by atoms with Gasteiger partial charge in [-0.2, -0.15) is 0 Å². The average molecular weight is 547 g/mol. The van der Waals surface area contributed by atoms with Gasteiger partial charge in [-0.3, -0.25) is 9.78 Å². The summed E-state index contributed by atoms with van der Waals surface area (Å²) in [6, 6.07) is 4.74. The molecule has 0 aliphatic carbocycles. The number of halogens is 5. The third kappa shape index (κ3) is 4.63. The number of ketones is 1. The highest BCUT2D eigenvalue weighted by Crippen LogP contribution is 2.36. The highest BCUT2D eigenvalue weighted by atomic mass is 35.5. The Morgan fingerprint density at radius 3 is 2.36 bits per heavy atom. The van der Waals surface area contributed by atoms with Gasteiger partial charge in [0.15, 0.2) is 22.3 Å². The van der Waals surface area contributed by atoms with Crippen molar-refractivity contribution < 1.29 is 40.2 Å². The minimum atomic E-state index is -5.28. The largest absolute Gasteiger partial charge is 0.496 e. The molecule has 3 rings (SSSR count). The van der Waals surface area contributed by atoms with Crippen molar-refractivity contribution >= 4 is 33.1 Å². The molecule has 0 radical (unpaired) electrons. The quantitative estimate of drug-likeness (QED) is 0.131. The number of hydrogen-bond donors (Lipinski definition) is 0. The van der Waals surface area contributed by atoms with Crippen LogP contribution in [0.3, 0.4) is 0 Å². The molecular weight excluding hydrogens is 528 g/mol. The molecule has 0 amide bonds. The number of rotatable bonds is 8. The van der Waals surface area contributed by atoms with Crippen LogP contribution >= 0.6 is 11.6 Å². The van der Waals surface area contributed by atoms with Crippen molar-refractivity contribution in [3.63, 3.8) is 0 Å². The van der Waals surface area contributed by atoms with Crippen molar-refractivity contribution in [1.29, 1.82) is 0 Å². The van der Waals surface area contributed by atoms with Crippen molar-refractivity contribution in [2.45, 2.75) is 18.7 Å². The molecule has 0 saturated carbocycles. The molecule has 7 nitrogen and oxygen atoms in total. The number of aryl methyl sites for hydroxylation is 1. The van der Waals surface area contributed by atoms with Crippen molar-refractivity contribution in [2.75, 3.05) is 25.3 Å². The molecule has 0 bridgehead atoms. The summed E-state index contributed by atoms with van der Waals surface area (Å²) in [5, 5.41) is -0.929. The van der Waals surface area contributed by atoms with E-state index in [0.29, 0.717) is 9.87 Å². The molecule has 0 aliphatic heterocycles. The zero-order chi connectivity index (χ0) is 26.9. The predicted octanol–water partition coefficient (Wildman–Crippen LogP) is 4.95. The molecule has 0 saturated heterocycles. The molecule has 0 unspecified atom stereocenters. The van der Waals surface area contributed by atoms with E-state index in [1.165, 1.54) is 38.4 Å². The molecule has 3 aromatic rings. The maximum Gasteiger partial charge on any atom is 0.272 e. The molecule has 1 heterocycles. The van der Waals surface area contributed by atoms with Crippen LogP contribution in [0.1, 0.15) is 27.2 Å². The summed E-state index contributed by atoms with van der Waals surface area (Å²) in [5.41, 5.74) is -1.98. The second kappa shape index (κ2) is 10.4. The van der Waals surface area contributed by atoms with E-state index in [2.05, 4.69) is 4.98 Å². The molecule has 13 heteroatoms. The minimum absolute atomic E-state index is 0.165. The fraction of sp³-hybridized carbons (Fsp3) is 0.217. The van der Waals surface area contributed by atoms with Gasteiger partial charge >= 0.3 is 0 Å². The van der Waals surface area contributed by atoms with Crippen molar-refractivity contribution in [1.82, 2.24) is 4.98 Å². The van der Waals surface area contributed by atoms with Gasteiger partial charge in [-0.05, 0) is 37.6 Å². The first kappa shape index (κ1) is 27.4. The van der Waals surface area contributed by atoms with Gasteiger partial charge < -0.3 is 9.47 Å². The average Bonchev–Trinajstić information content (AvgIpc) is 2.84. The van der Waals surface area contributed by atoms with Crippen LogP contribution in [0, 0.1) is 37.1 Å². The lowest BCUT2D eigenvalue weighted by molar-refractivity contribution is 0.102. The molecule has 0 fully saturated rings. The van der Waals surface area contributed by atoms with E-state index in [9.17, 15) is 30.8 Å². The first-order valence-electron chi connectivity index (χ1n) is 10.1. The Balaban J connectivity index is 2.33. The highest BCUT2D eigenvalue weighted by molar-refractivity contribution is 7.92. The van der Waals surface area contributed by atoms with Crippen molar-refractivity contribution in [2.24, 2.45) is 0 Å². The van der Waals surface area contributed by atoms with Gasteiger partial charge in [0, 0.05) is 18.9 Å². The molecule has 0 atom stereocenters. The van der Waals surface area contributed by atoms with Gasteiger partial charge in [-0.15, -0.1) is 0 Å². The van der Waals surface area contributed by atoms with E-state index in [-0.39, 0.29) is 5.75 Å². The van der Waals surface area contributed by atoms with Crippen LogP contribution in [-0.4, -0.2) is 40.1 Å². The number of methoxy groups -OCH3 is 2. The molecule has 0 aliphatic rings. The summed E-state index contributed by atoms with van der Waals surface area (Å²) in [7, 11) is -3.01. The fourth-order valence-electron chi connectivity index (χ4n) is 3.38. The lowest BCUT2D eigenvalue weighted by Crippen LogP contribution is -2.36. The number of carbonyl (C=O) groups is 1. The maximum absolute atomic E-state index is 15.0. The Kier molecular flexibility index (Phi) is 7.91. The lowest BCUT2D eigenvalue weighted by atomic mass is 10.0. The van der Waals surface area contributed by atoms with Crippen LogP contribution in [0.4, 0.5) is 23.2 Å². The van der Waals surface area contributed by atoms with E-state index in [4.69, 9.17) is 21.1 Å². The fourth-order valence-corrected chi connectivity index (χ4v) is 5.10. The Labute approximate surface area is 209 Å². The molecular formula is C23H19ClF4N2O5S. The topological polar surface area (TPSA) is 85.8 Å². The maximum atomic E-state index is 15.0. The van der Waals surface area contributed by atoms with Gasteiger partial charge in [0.2, 0.25) is 5.78 Å². The van der Waals surface area contributed by atoms with Crippen LogP contribution < -0.4 is 9.04 Å². The van der Waals surface area contributed by atoms with Crippen LogP contribution in [0.15, 0.2) is 35.4 Å². The zero-order valence-electron chi connectivity index (χ0n) is 19.3. The summed E-state index contributed by atoms with van der Waals surface area (Å²) in [5.74, 6) is -7.71. The van der Waals surface area contributed by atoms with Gasteiger partial charge in [0.1, 0.15) is 29.6 Å². The van der Waals surface area contributed by atoms with E-state index in [1.807, 2.05) is 0 Å². The summed E-state index contributed by atoms with van der Waals surface area (Å²) >= 11 is 5.58. The first-order chi connectivity index (χ1) is 16.9. The number of benzene rings is 2. The Morgan fingerprint density at radius 1 is 1.08 bits per heavy atom. The van der Waals surface area contributed by atoms with Crippen molar-refractivity contribution in [3.05, 3.63) is 81.1 Å². The number of nitrogens with zero attached hydrogens (tertiary/aromatic N) is 2. The molecule has 1 aromatic heterocycles. The summed E-state index contributed by atoms with van der Waals surface area (Å²) in [4.78, 5) is 15.7. The molecule has 0 N–H and O–H groups in total. The van der Waals surface area contributed by atoms with Gasteiger partial charge in [0.25, 0.3) is 10.0 Å². The number of anilines is 1. The van der Waals surface area contributed by atoms with Crippen LogP contribution in [0.5, 0.6) is 5.75 Å². The zero-order valence-corrected chi connectivity index (χ0v) is 20.9. The number of pyridine rings is 1. The third-order valence-electron chi connectivity index (χ3n) is 5.15. The first-order valence-corrected chi connectivity index (χ1v) is 11.9. The lowest BCUT2D eigenvalue weighted by Gasteiger charge is -2.26. The number of carbonyl (C=O) groups excluding carboxylic acids is 1. The summed E-state index contributed by atoms with van der Waals surface area (Å²) < 4.78 is 96.0. The standard InChI is InChI=1S/C23H19ClF4N2O5S/c1-11-8-14(21(29-9-11)22(31)16-13(25)6-5-7-15(16)35-4)30(10-34-3)36(32,33)23-18(26)12(2)17(24)19(27)20(23)28/h5-9H,10H2,1-4H3. The Hall–Kier alpha value is -3.22. The predicted molar refractivity (Wildman–Crippen MR) is 123 cm³/mol. The summed E-state index contributed by atoms with van der Waals surface area (Å²) in [6.07, 6.45) is 1.20. The number of sulfonamides is 1. The molecule has 192 valence electrons. The Morgan fingerprint density at radius 2 is 1.75 bits per heavy atom. The number of aromatic nitrogens is 1. The number of ether oxygens (including phenoxy) is 2. The SMILES string of the molecule is COCN(c1cc(C)cnc1C(=O)c1c(F)cccc1OC)S(=O)(=O)c1c(F)c(C)c(Cl)c(F)c1F. The third-order valence-corrected chi connectivity index (χ3v) is 7.35. The second-order valence-electron chi connectivity index (χ2n) is 7.51. The smallest absolute Gasteiger partial charge is 0.272 e. The van der Waals surface area contributed by atoms with Crippen LogP contribution in [0.25, 0.3) is 0 Å². The number of hydrogen-bond acceptors (Lipinski definition) is 6. The van der Waals surface area contributed by atoms with E-state index >= 15 is 0 Å². The van der Waals surface area contributed by atoms with E-state index in [0.717, 1.165) is 20.1 Å². The van der Waals surface area contributed by atoms with E-state index < -0.39 is 78.2 Å². The monoisotopic (exact) mass is 546 g/mol. The summed E-state index contributed by atoms with van der Waals surface area (Å²) in [6.45, 7) is 1.59. The van der Waals surface area contributed by atoms with Gasteiger partial charge in [-0.25, -0.2) is 30.3 Å². The highest BCUT2D eigenvalue weighted by Gasteiger charge is 2.38. The van der Waals surface area contributed by atoms with Crippen molar-refractivity contribution in [3.8, 4) is 5.75 Å². The van der Waals surface area contributed by atoms with Gasteiger partial charge in [-0.1, -0.05) is 17.7 Å². The second-order valence-corrected chi connectivity index (χ2v) is 9.69. The normalized spacial score (nSPS) is 11.5. The Bertz CT molecular complexity index is 1440. The van der Waals surface area contributed by atoms with Crippen LogP contribution in [-0.2, 0) is 14.8 Å². The molecule has 36 heavy (non-hydrogen) atoms. The molecule has 0 spiro atoms. The molecule has 2 aromatic carbocycles. The minimum Gasteiger partial charge on any atom is -0.496 e. The van der Waals surface area contributed by atoms with Gasteiger partial charge in [0.05, 0.1) is 17.8 Å². The van der Waals surface area contributed by atoms with Crippen LogP contribution in [0.2, 0.25) is 5.02 Å².